The zero-order valence-electron chi connectivity index (χ0n) is 8.61. The number of amides is 1. The number of hydrogen-bond donors (Lipinski definition) is 2. The van der Waals surface area contributed by atoms with Crippen LogP contribution in [-0.4, -0.2) is 28.0 Å². The summed E-state index contributed by atoms with van der Waals surface area (Å²) in [5, 5.41) is 11.2. The normalized spacial score (nSPS) is 11.9. The molecular formula is C10H11BrN2O3. The zero-order valence-corrected chi connectivity index (χ0v) is 10.2. The molecule has 16 heavy (non-hydrogen) atoms. The number of aromatic nitrogens is 1. The summed E-state index contributed by atoms with van der Waals surface area (Å²) >= 11 is 3.14. The first-order valence-corrected chi connectivity index (χ1v) is 5.49. The van der Waals surface area contributed by atoms with Gasteiger partial charge in [-0.3, -0.25) is 4.79 Å². The van der Waals surface area contributed by atoms with Gasteiger partial charge in [-0.1, -0.05) is 6.92 Å². The highest BCUT2D eigenvalue weighted by molar-refractivity contribution is 9.10. The lowest BCUT2D eigenvalue weighted by molar-refractivity contribution is -0.139. The monoisotopic (exact) mass is 286 g/mol. The Labute approximate surface area is 101 Å². The smallest absolute Gasteiger partial charge is 0.326 e. The molecule has 1 aromatic heterocycles. The summed E-state index contributed by atoms with van der Waals surface area (Å²) in [5.41, 5.74) is 0.376. The summed E-state index contributed by atoms with van der Waals surface area (Å²) in [6, 6.07) is 2.19. The maximum absolute atomic E-state index is 11.6. The SMILES string of the molecule is CC[C@H](NC(=O)c1ccnc(Br)c1)C(=O)O. The molecule has 1 atom stereocenters. The first-order chi connectivity index (χ1) is 7.54. The number of rotatable bonds is 4. The van der Waals surface area contributed by atoms with E-state index in [1.807, 2.05) is 0 Å². The fourth-order valence-electron chi connectivity index (χ4n) is 1.12. The molecule has 0 spiro atoms. The number of aliphatic carboxylic acids is 1. The molecule has 0 unspecified atom stereocenters. The van der Waals surface area contributed by atoms with Crippen LogP contribution in [0.25, 0.3) is 0 Å². The van der Waals surface area contributed by atoms with Crippen LogP contribution in [0, 0.1) is 0 Å². The van der Waals surface area contributed by atoms with E-state index in [2.05, 4.69) is 26.2 Å². The number of carbonyl (C=O) groups excluding carboxylic acids is 1. The fraction of sp³-hybridized carbons (Fsp3) is 0.300. The number of carboxylic acid groups (broad SMARTS) is 1. The molecule has 0 aliphatic carbocycles. The van der Waals surface area contributed by atoms with Gasteiger partial charge >= 0.3 is 5.97 Å². The molecule has 1 rings (SSSR count). The maximum Gasteiger partial charge on any atom is 0.326 e. The third-order valence-electron chi connectivity index (χ3n) is 2.00. The number of pyridine rings is 1. The van der Waals surface area contributed by atoms with Crippen LogP contribution in [0.15, 0.2) is 22.9 Å². The van der Waals surface area contributed by atoms with Crippen molar-refractivity contribution < 1.29 is 14.7 Å². The van der Waals surface area contributed by atoms with Gasteiger partial charge in [0.25, 0.3) is 5.91 Å². The van der Waals surface area contributed by atoms with E-state index < -0.39 is 17.9 Å². The Bertz CT molecular complexity index is 409. The van der Waals surface area contributed by atoms with Gasteiger partial charge in [0.15, 0.2) is 0 Å². The first-order valence-electron chi connectivity index (χ1n) is 4.69. The molecule has 0 saturated carbocycles. The molecule has 0 aliphatic heterocycles. The predicted octanol–water partition coefficient (Wildman–Crippen LogP) is 1.44. The van der Waals surface area contributed by atoms with Gasteiger partial charge in [-0.15, -0.1) is 0 Å². The van der Waals surface area contributed by atoms with Crippen molar-refractivity contribution in [2.24, 2.45) is 0 Å². The van der Waals surface area contributed by atoms with E-state index in [4.69, 9.17) is 5.11 Å². The molecule has 5 nitrogen and oxygen atoms in total. The van der Waals surface area contributed by atoms with Gasteiger partial charge in [0.2, 0.25) is 0 Å². The molecule has 0 aliphatic rings. The Hall–Kier alpha value is -1.43. The molecule has 0 radical (unpaired) electrons. The predicted molar refractivity (Wildman–Crippen MR) is 61.1 cm³/mol. The van der Waals surface area contributed by atoms with Crippen LogP contribution in [0.2, 0.25) is 0 Å². The van der Waals surface area contributed by atoms with Crippen molar-refractivity contribution in [3.63, 3.8) is 0 Å². The molecule has 1 heterocycles. The molecule has 2 N–H and O–H groups in total. The average Bonchev–Trinajstić information content (AvgIpc) is 2.25. The van der Waals surface area contributed by atoms with E-state index in [1.54, 1.807) is 6.92 Å². The average molecular weight is 287 g/mol. The Morgan fingerprint density at radius 1 is 1.62 bits per heavy atom. The van der Waals surface area contributed by atoms with E-state index in [1.165, 1.54) is 18.3 Å². The molecule has 86 valence electrons. The zero-order chi connectivity index (χ0) is 12.1. The van der Waals surface area contributed by atoms with Crippen molar-refractivity contribution in [1.29, 1.82) is 0 Å². The fourth-order valence-corrected chi connectivity index (χ4v) is 1.49. The minimum Gasteiger partial charge on any atom is -0.480 e. The Morgan fingerprint density at radius 3 is 2.81 bits per heavy atom. The molecular weight excluding hydrogens is 276 g/mol. The number of nitrogens with one attached hydrogen (secondary N) is 1. The van der Waals surface area contributed by atoms with Crippen molar-refractivity contribution in [3.8, 4) is 0 Å². The molecule has 1 aromatic rings. The minimum atomic E-state index is -1.04. The number of carbonyl (C=O) groups is 2. The van der Waals surface area contributed by atoms with E-state index in [0.717, 1.165) is 0 Å². The van der Waals surface area contributed by atoms with Gasteiger partial charge in [-0.05, 0) is 34.5 Å². The second-order valence-electron chi connectivity index (χ2n) is 3.14. The van der Waals surface area contributed by atoms with E-state index in [0.29, 0.717) is 16.6 Å². The summed E-state index contributed by atoms with van der Waals surface area (Å²) in [5.74, 6) is -1.46. The highest BCUT2D eigenvalue weighted by atomic mass is 79.9. The number of nitrogens with zero attached hydrogens (tertiary/aromatic N) is 1. The largest absolute Gasteiger partial charge is 0.480 e. The van der Waals surface area contributed by atoms with Crippen LogP contribution >= 0.6 is 15.9 Å². The second kappa shape index (κ2) is 5.60. The van der Waals surface area contributed by atoms with Crippen molar-refractivity contribution in [2.45, 2.75) is 19.4 Å². The van der Waals surface area contributed by atoms with E-state index in [-0.39, 0.29) is 0 Å². The Balaban J connectivity index is 2.75. The van der Waals surface area contributed by atoms with Crippen LogP contribution in [0.1, 0.15) is 23.7 Å². The van der Waals surface area contributed by atoms with E-state index in [9.17, 15) is 9.59 Å². The molecule has 1 amide bonds. The lowest BCUT2D eigenvalue weighted by Crippen LogP contribution is -2.40. The van der Waals surface area contributed by atoms with Gasteiger partial charge in [0.05, 0.1) is 0 Å². The van der Waals surface area contributed by atoms with Gasteiger partial charge in [0.1, 0.15) is 10.6 Å². The summed E-state index contributed by atoms with van der Waals surface area (Å²) in [6.07, 6.45) is 1.81. The molecule has 0 fully saturated rings. The van der Waals surface area contributed by atoms with Crippen molar-refractivity contribution in [1.82, 2.24) is 10.3 Å². The Kier molecular flexibility index (Phi) is 4.42. The van der Waals surface area contributed by atoms with Gasteiger partial charge in [-0.2, -0.15) is 0 Å². The lowest BCUT2D eigenvalue weighted by Gasteiger charge is -2.11. The van der Waals surface area contributed by atoms with Gasteiger partial charge in [0, 0.05) is 11.8 Å². The van der Waals surface area contributed by atoms with E-state index >= 15 is 0 Å². The molecule has 0 bridgehead atoms. The third kappa shape index (κ3) is 3.30. The molecule has 0 aromatic carbocycles. The second-order valence-corrected chi connectivity index (χ2v) is 3.95. The first kappa shape index (κ1) is 12.6. The standard InChI is InChI=1S/C10H11BrN2O3/c1-2-7(10(15)16)13-9(14)6-3-4-12-8(11)5-6/h3-5,7H,2H2,1H3,(H,13,14)(H,15,16)/t7-/m0/s1. The lowest BCUT2D eigenvalue weighted by atomic mass is 10.2. The van der Waals surface area contributed by atoms with Crippen LogP contribution in [0.4, 0.5) is 0 Å². The highest BCUT2D eigenvalue weighted by Crippen LogP contribution is 2.08. The summed E-state index contributed by atoms with van der Waals surface area (Å²) < 4.78 is 0.531. The minimum absolute atomic E-state index is 0.341. The van der Waals surface area contributed by atoms with Gasteiger partial charge in [-0.25, -0.2) is 9.78 Å². The van der Waals surface area contributed by atoms with Crippen LogP contribution in [0.5, 0.6) is 0 Å². The van der Waals surface area contributed by atoms with Crippen molar-refractivity contribution in [3.05, 3.63) is 28.5 Å². The third-order valence-corrected chi connectivity index (χ3v) is 2.43. The number of hydrogen-bond acceptors (Lipinski definition) is 3. The molecule has 0 saturated heterocycles. The molecule has 6 heteroatoms. The summed E-state index contributed by atoms with van der Waals surface area (Å²) in [7, 11) is 0. The van der Waals surface area contributed by atoms with Crippen LogP contribution in [-0.2, 0) is 4.79 Å². The number of halogens is 1. The van der Waals surface area contributed by atoms with Crippen molar-refractivity contribution in [2.75, 3.05) is 0 Å². The Morgan fingerprint density at radius 2 is 2.31 bits per heavy atom. The van der Waals surface area contributed by atoms with Crippen LogP contribution < -0.4 is 5.32 Å². The quantitative estimate of drug-likeness (QED) is 0.821. The number of carboxylic acids is 1. The maximum atomic E-state index is 11.6. The van der Waals surface area contributed by atoms with Crippen LogP contribution in [0.3, 0.4) is 0 Å². The summed E-state index contributed by atoms with van der Waals surface area (Å²) in [4.78, 5) is 26.3. The van der Waals surface area contributed by atoms with Crippen molar-refractivity contribution >= 4 is 27.8 Å². The van der Waals surface area contributed by atoms with Gasteiger partial charge < -0.3 is 10.4 Å². The highest BCUT2D eigenvalue weighted by Gasteiger charge is 2.18. The topological polar surface area (TPSA) is 79.3 Å². The summed E-state index contributed by atoms with van der Waals surface area (Å²) in [6.45, 7) is 1.70.